The first-order valence-corrected chi connectivity index (χ1v) is 26.7. The zero-order valence-electron chi connectivity index (χ0n) is 42.2. The second kappa shape index (κ2) is 20.2. The van der Waals surface area contributed by atoms with Crippen LogP contribution in [0.5, 0.6) is 11.8 Å². The Balaban J connectivity index is 0.687. The number of nitrogens with one attached hydrogen (secondary N) is 1. The fraction of sp³-hybridized carbons (Fsp3) is 0.554. The van der Waals surface area contributed by atoms with Gasteiger partial charge >= 0.3 is 6.01 Å². The van der Waals surface area contributed by atoms with Crippen LogP contribution < -0.4 is 19.9 Å². The first kappa shape index (κ1) is 49.6. The van der Waals surface area contributed by atoms with Crippen molar-refractivity contribution in [1.29, 1.82) is 0 Å². The molecule has 5 saturated heterocycles. The number of amides is 2. The van der Waals surface area contributed by atoms with Crippen LogP contribution in [0, 0.1) is 28.8 Å². The number of halogens is 3. The van der Waals surface area contributed by atoms with Crippen molar-refractivity contribution in [1.82, 2.24) is 35.0 Å². The summed E-state index contributed by atoms with van der Waals surface area (Å²) in [6.45, 7) is 14.7. The molecule has 11 rings (SSSR count). The highest BCUT2D eigenvalue weighted by Gasteiger charge is 2.46. The number of carbonyl (C=O) groups is 2. The molecule has 5 aromatic rings. The lowest BCUT2D eigenvalue weighted by molar-refractivity contribution is -0.134. The number of nitrogens with zero attached hydrogens (tertiary/aromatic N) is 8. The molecule has 0 spiro atoms. The van der Waals surface area contributed by atoms with Crippen LogP contribution in [0.1, 0.15) is 95.1 Å². The van der Waals surface area contributed by atoms with Gasteiger partial charge in [0.2, 0.25) is 11.8 Å². The minimum absolute atomic E-state index is 0.0145. The zero-order valence-corrected chi connectivity index (χ0v) is 42.2. The molecule has 0 bridgehead atoms. The molecule has 14 nitrogen and oxygen atoms in total. The number of piperazine rings is 1. The minimum atomic E-state index is -0.964. The van der Waals surface area contributed by atoms with Gasteiger partial charge in [-0.15, -0.1) is 0 Å². The van der Waals surface area contributed by atoms with Crippen LogP contribution in [0.3, 0.4) is 0 Å². The number of likely N-dealkylation sites (tertiary alicyclic amines) is 1. The van der Waals surface area contributed by atoms with Crippen LogP contribution in [-0.2, 0) is 16.0 Å². The third-order valence-electron chi connectivity index (χ3n) is 17.0. The molecule has 6 aliphatic rings. The summed E-state index contributed by atoms with van der Waals surface area (Å²) in [4.78, 5) is 50.1. The molecule has 2 aromatic heterocycles. The number of benzene rings is 3. The van der Waals surface area contributed by atoms with Crippen LogP contribution >= 0.6 is 0 Å². The second-order valence-corrected chi connectivity index (χ2v) is 22.3. The van der Waals surface area contributed by atoms with Gasteiger partial charge in [-0.05, 0) is 142 Å². The van der Waals surface area contributed by atoms with Crippen molar-refractivity contribution in [3.05, 3.63) is 77.2 Å². The molecule has 3 aromatic carbocycles. The molecule has 73 heavy (non-hydrogen) atoms. The van der Waals surface area contributed by atoms with Crippen LogP contribution in [0.4, 0.5) is 24.7 Å². The Labute approximate surface area is 424 Å². The van der Waals surface area contributed by atoms with Gasteiger partial charge in [-0.1, -0.05) is 19.1 Å². The number of rotatable bonds is 13. The number of fused-ring (bicyclic) bond motifs is 2. The topological polar surface area (TPSA) is 151 Å². The number of phenolic OH excluding ortho intramolecular Hbond substituents is 1. The van der Waals surface area contributed by atoms with E-state index in [1.165, 1.54) is 24.4 Å². The number of anilines is 2. The van der Waals surface area contributed by atoms with E-state index in [0.717, 1.165) is 110 Å². The second-order valence-electron chi connectivity index (χ2n) is 22.3. The molecule has 7 heterocycles. The molecule has 3 N–H and O–H groups in total. The lowest BCUT2D eigenvalue weighted by Crippen LogP contribution is -2.54. The van der Waals surface area contributed by atoms with Crippen molar-refractivity contribution < 1.29 is 37.7 Å². The Morgan fingerprint density at radius 1 is 0.836 bits per heavy atom. The van der Waals surface area contributed by atoms with Crippen molar-refractivity contribution in [2.45, 2.75) is 102 Å². The minimum Gasteiger partial charge on any atom is -0.508 e. The third-order valence-corrected chi connectivity index (χ3v) is 17.0. The number of aliphatic hydroxyl groups is 1. The first-order valence-electron chi connectivity index (χ1n) is 26.7. The highest BCUT2D eigenvalue weighted by atomic mass is 19.1. The molecule has 5 aliphatic heterocycles. The van der Waals surface area contributed by atoms with Crippen molar-refractivity contribution in [3.8, 4) is 23.0 Å². The predicted molar refractivity (Wildman–Crippen MR) is 274 cm³/mol. The fourth-order valence-electron chi connectivity index (χ4n) is 12.6. The normalized spacial score (nSPS) is 23.9. The number of aromatic nitrogens is 3. The Morgan fingerprint density at radius 2 is 1.62 bits per heavy atom. The van der Waals surface area contributed by atoms with E-state index < -0.39 is 23.2 Å². The number of ether oxygens (including phenoxy) is 1. The Kier molecular flexibility index (Phi) is 13.8. The molecular weight excluding hydrogens is 936 g/mol. The Bertz CT molecular complexity index is 2890. The number of hydrogen-bond acceptors (Lipinski definition) is 13. The lowest BCUT2D eigenvalue weighted by atomic mass is 9.90. The molecule has 388 valence electrons. The van der Waals surface area contributed by atoms with E-state index in [0.29, 0.717) is 89.7 Å². The Hall–Kier alpha value is -5.62. The summed E-state index contributed by atoms with van der Waals surface area (Å²) in [5, 5.41) is 25.7. The van der Waals surface area contributed by atoms with Gasteiger partial charge in [0.1, 0.15) is 34.4 Å². The lowest BCUT2D eigenvalue weighted by Gasteiger charge is -2.44. The monoisotopic (exact) mass is 1000 g/mol. The summed E-state index contributed by atoms with van der Waals surface area (Å²) >= 11 is 0. The maximum absolute atomic E-state index is 17.2. The third kappa shape index (κ3) is 10.4. The molecule has 0 radical (unpaired) electrons. The summed E-state index contributed by atoms with van der Waals surface area (Å²) < 4.78 is 54.2. The van der Waals surface area contributed by atoms with E-state index in [4.69, 9.17) is 14.7 Å². The number of phenols is 1. The number of carbonyl (C=O) groups excluding carboxylic acids is 2. The average Bonchev–Trinajstić information content (AvgIpc) is 4.15. The predicted octanol–water partition coefficient (Wildman–Crippen LogP) is 7.56. The van der Waals surface area contributed by atoms with Crippen molar-refractivity contribution in [3.63, 3.8) is 0 Å². The quantitative estimate of drug-likeness (QED) is 0.0998. The van der Waals surface area contributed by atoms with Crippen LogP contribution in [0.25, 0.3) is 32.9 Å². The van der Waals surface area contributed by atoms with E-state index in [-0.39, 0.29) is 58.0 Å². The van der Waals surface area contributed by atoms with Crippen LogP contribution in [0.2, 0.25) is 0 Å². The average molecular weight is 1000 g/mol. The molecule has 17 heteroatoms. The maximum Gasteiger partial charge on any atom is 0.319 e. The fourth-order valence-corrected chi connectivity index (χ4v) is 12.6. The van der Waals surface area contributed by atoms with Gasteiger partial charge in [-0.2, -0.15) is 9.97 Å². The molecule has 6 fully saturated rings. The highest BCUT2D eigenvalue weighted by Crippen LogP contribution is 2.47. The molecule has 1 unspecified atom stereocenters. The van der Waals surface area contributed by atoms with Gasteiger partial charge in [-0.3, -0.25) is 24.8 Å². The van der Waals surface area contributed by atoms with Crippen LogP contribution in [-0.4, -0.2) is 148 Å². The van der Waals surface area contributed by atoms with Gasteiger partial charge < -0.3 is 34.5 Å². The maximum atomic E-state index is 17.2. The van der Waals surface area contributed by atoms with E-state index in [1.54, 1.807) is 25.1 Å². The molecular formula is C56H68F3N9O5. The molecule has 2 atom stereocenters. The summed E-state index contributed by atoms with van der Waals surface area (Å²) in [5.74, 6) is -1.62. The number of hydrogen-bond donors (Lipinski definition) is 3. The van der Waals surface area contributed by atoms with Crippen LogP contribution in [0.15, 0.2) is 48.7 Å². The molecule has 2 amide bonds. The van der Waals surface area contributed by atoms with E-state index >= 15 is 13.2 Å². The van der Waals surface area contributed by atoms with Gasteiger partial charge in [0.15, 0.2) is 5.82 Å². The summed E-state index contributed by atoms with van der Waals surface area (Å²) in [6.07, 6.45) is 10.3. The summed E-state index contributed by atoms with van der Waals surface area (Å²) in [7, 11) is 0. The summed E-state index contributed by atoms with van der Waals surface area (Å²) in [6, 6.07) is 11.7. The number of aryl methyl sites for hydroxylation is 1. The Morgan fingerprint density at radius 3 is 2.33 bits per heavy atom. The number of aromatic hydroxyl groups is 1. The number of β-amino-alcohol motifs (C(OH)–C–C–N with tert-alkyl or cyclic N) is 1. The van der Waals surface area contributed by atoms with Crippen molar-refractivity contribution >= 4 is 45.0 Å². The number of imide groups is 1. The highest BCUT2D eigenvalue weighted by molar-refractivity contribution is 6.02. The van der Waals surface area contributed by atoms with Gasteiger partial charge in [-0.25, -0.2) is 13.2 Å². The molecule has 1 aliphatic carbocycles. The molecule has 1 saturated carbocycles. The smallest absolute Gasteiger partial charge is 0.319 e. The van der Waals surface area contributed by atoms with Gasteiger partial charge in [0, 0.05) is 95.1 Å². The standard InChI is InChI=1S/C56H68F3N9O5/c1-3-40-44(57)8-5-37-27-39(69)29-42(48(37)40)50-49(59)51-43(30-60-50)52(68-18-4-15-55(2,72)32-68)63-54(62-51)73-34-56(16-17-56)33-65-23-25-66(26-24-65)38-13-19-64(20-14-38)31-35-11-21-67(22-12-35)46-9-6-36(28-45(46)58)41-7-10-47(70)61-53(41)71/h5-6,8-9,27-30,35,38,41,69,72H,3-4,7,10-26,31-34H2,1-2H3,(H,61,70,71)/t41?,55-/m1/s1. The number of pyridine rings is 1. The van der Waals surface area contributed by atoms with E-state index in [2.05, 4.69) is 29.9 Å². The van der Waals surface area contributed by atoms with Gasteiger partial charge in [0.05, 0.1) is 29.2 Å². The van der Waals surface area contributed by atoms with Gasteiger partial charge in [0.25, 0.3) is 0 Å². The van der Waals surface area contributed by atoms with E-state index in [9.17, 15) is 19.8 Å². The van der Waals surface area contributed by atoms with Crippen molar-refractivity contribution in [2.24, 2.45) is 11.3 Å². The first-order chi connectivity index (χ1) is 35.2. The van der Waals surface area contributed by atoms with Crippen molar-refractivity contribution in [2.75, 3.05) is 94.9 Å². The zero-order chi connectivity index (χ0) is 50.6. The SMILES string of the molecule is CCc1c(F)ccc2cc(O)cc(-c3ncc4c(N5CCC[C@@](C)(O)C5)nc(OCC5(CN6CCN(C7CCN(CC8CCN(c9ccc(C%10CCC(=O)NC%10=O)cc9F)CC8)CC7)CC6)CC5)nc4c3F)c12. The number of piperidine rings is 4. The van der Waals surface area contributed by atoms with E-state index in [1.807, 2.05) is 17.9 Å². The largest absolute Gasteiger partial charge is 0.508 e. The summed E-state index contributed by atoms with van der Waals surface area (Å²) in [5.41, 5.74) is 0.831.